The van der Waals surface area contributed by atoms with Gasteiger partial charge in [0.25, 0.3) is 11.8 Å². The first kappa shape index (κ1) is 21.9. The number of imide groups is 1. The van der Waals surface area contributed by atoms with Crippen LogP contribution in [-0.2, 0) is 9.59 Å². The quantitative estimate of drug-likeness (QED) is 0.448. The molecule has 0 aromatic heterocycles. The van der Waals surface area contributed by atoms with Gasteiger partial charge in [-0.25, -0.2) is 4.90 Å². The molecule has 0 saturated carbocycles. The number of anilines is 2. The molecule has 1 heterocycles. The van der Waals surface area contributed by atoms with Crippen LogP contribution in [0.3, 0.4) is 0 Å². The number of thioether (sulfide) groups is 1. The summed E-state index contributed by atoms with van der Waals surface area (Å²) in [5.74, 6) is -0.281. The number of amides is 2. The first-order chi connectivity index (χ1) is 15.3. The number of nitrogens with one attached hydrogen (secondary N) is 1. The van der Waals surface area contributed by atoms with Gasteiger partial charge in [0.1, 0.15) is 10.6 Å². The van der Waals surface area contributed by atoms with E-state index in [0.717, 1.165) is 27.3 Å². The monoisotopic (exact) mass is 442 g/mol. The molecular weight excluding hydrogens is 416 g/mol. The lowest BCUT2D eigenvalue weighted by atomic mass is 10.0. The van der Waals surface area contributed by atoms with Gasteiger partial charge in [-0.1, -0.05) is 62.0 Å². The smallest absolute Gasteiger partial charge is 0.283 e. The molecule has 0 unspecified atom stereocenters. The van der Waals surface area contributed by atoms with Gasteiger partial charge in [-0.05, 0) is 72.9 Å². The predicted molar refractivity (Wildman–Crippen MR) is 132 cm³/mol. The molecule has 4 rings (SSSR count). The van der Waals surface area contributed by atoms with Gasteiger partial charge in [-0.15, -0.1) is 0 Å². The highest BCUT2D eigenvalue weighted by Gasteiger charge is 2.40. The van der Waals surface area contributed by atoms with Crippen molar-refractivity contribution in [2.24, 2.45) is 0 Å². The minimum atomic E-state index is -0.343. The Kier molecular flexibility index (Phi) is 6.19. The summed E-state index contributed by atoms with van der Waals surface area (Å²) in [6.45, 7) is 8.25. The summed E-state index contributed by atoms with van der Waals surface area (Å²) in [6.07, 6.45) is 0. The van der Waals surface area contributed by atoms with Crippen LogP contribution >= 0.6 is 11.8 Å². The van der Waals surface area contributed by atoms with E-state index in [2.05, 4.69) is 25.2 Å². The number of hydrogen-bond acceptors (Lipinski definition) is 4. The van der Waals surface area contributed by atoms with E-state index in [1.807, 2.05) is 80.6 Å². The Hall–Kier alpha value is -3.31. The Morgan fingerprint density at radius 3 is 2.03 bits per heavy atom. The van der Waals surface area contributed by atoms with E-state index in [1.165, 1.54) is 16.7 Å². The van der Waals surface area contributed by atoms with Crippen molar-refractivity contribution in [3.05, 3.63) is 100 Å². The molecule has 0 atom stereocenters. The number of benzene rings is 3. The number of aryl methyl sites for hydroxylation is 2. The van der Waals surface area contributed by atoms with E-state index in [-0.39, 0.29) is 11.8 Å². The van der Waals surface area contributed by atoms with Gasteiger partial charge in [0.05, 0.1) is 5.69 Å². The number of hydrogen-bond donors (Lipinski definition) is 1. The van der Waals surface area contributed by atoms with Crippen LogP contribution in [-0.4, -0.2) is 11.8 Å². The molecule has 1 N–H and O–H groups in total. The number of nitrogens with zero attached hydrogens (tertiary/aromatic N) is 1. The summed E-state index contributed by atoms with van der Waals surface area (Å²) in [5, 5.41) is 3.25. The zero-order chi connectivity index (χ0) is 22.8. The summed E-state index contributed by atoms with van der Waals surface area (Å²) in [7, 11) is 0. The van der Waals surface area contributed by atoms with Gasteiger partial charge in [0, 0.05) is 10.6 Å². The van der Waals surface area contributed by atoms with Crippen LogP contribution in [0.2, 0.25) is 0 Å². The third-order valence-corrected chi connectivity index (χ3v) is 6.40. The molecule has 0 bridgehead atoms. The highest BCUT2D eigenvalue weighted by atomic mass is 32.2. The normalized spacial score (nSPS) is 14.0. The second-order valence-electron chi connectivity index (χ2n) is 8.31. The summed E-state index contributed by atoms with van der Waals surface area (Å²) in [5.41, 5.74) is 5.01. The van der Waals surface area contributed by atoms with Gasteiger partial charge in [-0.3, -0.25) is 9.59 Å². The number of carbonyl (C=O) groups is 2. The van der Waals surface area contributed by atoms with Crippen molar-refractivity contribution in [1.29, 1.82) is 0 Å². The molecule has 32 heavy (non-hydrogen) atoms. The van der Waals surface area contributed by atoms with Gasteiger partial charge in [0.15, 0.2) is 0 Å². The number of rotatable bonds is 6. The van der Waals surface area contributed by atoms with Crippen molar-refractivity contribution in [3.63, 3.8) is 0 Å². The van der Waals surface area contributed by atoms with Crippen molar-refractivity contribution in [3.8, 4) is 0 Å². The topological polar surface area (TPSA) is 49.4 Å². The maximum absolute atomic E-state index is 13.5. The first-order valence-corrected chi connectivity index (χ1v) is 11.5. The molecule has 162 valence electrons. The van der Waals surface area contributed by atoms with Crippen LogP contribution in [0, 0.1) is 13.8 Å². The maximum Gasteiger partial charge on any atom is 0.283 e. The highest BCUT2D eigenvalue weighted by Crippen LogP contribution is 2.38. The fourth-order valence-corrected chi connectivity index (χ4v) is 4.70. The third kappa shape index (κ3) is 4.48. The molecule has 3 aromatic carbocycles. The molecule has 0 radical (unpaired) electrons. The minimum absolute atomic E-state index is 0.307. The second kappa shape index (κ2) is 9.05. The Morgan fingerprint density at radius 1 is 0.812 bits per heavy atom. The van der Waals surface area contributed by atoms with E-state index < -0.39 is 0 Å². The van der Waals surface area contributed by atoms with E-state index in [0.29, 0.717) is 22.2 Å². The van der Waals surface area contributed by atoms with Crippen molar-refractivity contribution < 1.29 is 9.59 Å². The summed E-state index contributed by atoms with van der Waals surface area (Å²) in [6, 6.07) is 23.3. The lowest BCUT2D eigenvalue weighted by molar-refractivity contribution is -0.120. The number of carbonyl (C=O) groups excluding carboxylic acids is 2. The molecule has 1 aliphatic rings. The average Bonchev–Trinajstić information content (AvgIpc) is 2.98. The van der Waals surface area contributed by atoms with Crippen LogP contribution in [0.4, 0.5) is 11.4 Å². The SMILES string of the molecule is Cc1cc(C)cc(NC2=C(Sc3ccccc3)C(=O)N(c3ccc(C(C)C)cc3)C2=O)c1. The molecule has 0 aliphatic carbocycles. The second-order valence-corrected chi connectivity index (χ2v) is 9.40. The molecule has 5 heteroatoms. The molecule has 2 amide bonds. The van der Waals surface area contributed by atoms with Crippen molar-refractivity contribution in [1.82, 2.24) is 0 Å². The maximum atomic E-state index is 13.5. The van der Waals surface area contributed by atoms with Crippen LogP contribution in [0.15, 0.2) is 88.3 Å². The van der Waals surface area contributed by atoms with Gasteiger partial charge >= 0.3 is 0 Å². The fourth-order valence-electron chi connectivity index (χ4n) is 3.75. The van der Waals surface area contributed by atoms with E-state index in [4.69, 9.17) is 0 Å². The predicted octanol–water partition coefficient (Wildman–Crippen LogP) is 6.42. The summed E-state index contributed by atoms with van der Waals surface area (Å²) >= 11 is 1.31. The van der Waals surface area contributed by atoms with Crippen molar-refractivity contribution >= 4 is 35.0 Å². The molecule has 0 saturated heterocycles. The highest BCUT2D eigenvalue weighted by molar-refractivity contribution is 8.04. The van der Waals surface area contributed by atoms with Crippen LogP contribution in [0.25, 0.3) is 0 Å². The summed E-state index contributed by atoms with van der Waals surface area (Å²) < 4.78 is 0. The zero-order valence-electron chi connectivity index (χ0n) is 18.7. The van der Waals surface area contributed by atoms with Crippen molar-refractivity contribution in [2.45, 2.75) is 38.5 Å². The molecule has 0 fully saturated rings. The van der Waals surface area contributed by atoms with Crippen molar-refractivity contribution in [2.75, 3.05) is 10.2 Å². The van der Waals surface area contributed by atoms with Gasteiger partial charge in [-0.2, -0.15) is 0 Å². The van der Waals surface area contributed by atoms with Crippen LogP contribution < -0.4 is 10.2 Å². The largest absolute Gasteiger partial charge is 0.350 e. The van der Waals surface area contributed by atoms with E-state index >= 15 is 0 Å². The fraction of sp³-hybridized carbons (Fsp3) is 0.185. The molecule has 0 spiro atoms. The molecular formula is C27H26N2O2S. The van der Waals surface area contributed by atoms with E-state index in [9.17, 15) is 9.59 Å². The summed E-state index contributed by atoms with van der Waals surface area (Å²) in [4.78, 5) is 29.5. The standard InChI is InChI=1S/C27H26N2O2S/c1-17(2)20-10-12-22(13-11-20)29-26(30)24(28-21-15-18(3)14-19(4)16-21)25(27(29)31)32-23-8-6-5-7-9-23/h5-17,28H,1-4H3. The third-order valence-electron chi connectivity index (χ3n) is 5.31. The molecule has 1 aliphatic heterocycles. The van der Waals surface area contributed by atoms with Gasteiger partial charge < -0.3 is 5.32 Å². The Morgan fingerprint density at radius 2 is 1.44 bits per heavy atom. The van der Waals surface area contributed by atoms with Crippen LogP contribution in [0.5, 0.6) is 0 Å². The molecule has 4 nitrogen and oxygen atoms in total. The lowest BCUT2D eigenvalue weighted by Gasteiger charge is -2.16. The Bertz CT molecular complexity index is 1180. The first-order valence-electron chi connectivity index (χ1n) is 10.6. The average molecular weight is 443 g/mol. The van der Waals surface area contributed by atoms with Gasteiger partial charge in [0.2, 0.25) is 0 Å². The molecule has 3 aromatic rings. The Labute approximate surface area is 193 Å². The lowest BCUT2D eigenvalue weighted by Crippen LogP contribution is -2.32. The zero-order valence-corrected chi connectivity index (χ0v) is 19.5. The Balaban J connectivity index is 1.73. The van der Waals surface area contributed by atoms with Crippen LogP contribution in [0.1, 0.15) is 36.5 Å². The van der Waals surface area contributed by atoms with E-state index in [1.54, 1.807) is 0 Å². The minimum Gasteiger partial charge on any atom is -0.350 e.